The van der Waals surface area contributed by atoms with Crippen LogP contribution in [0.5, 0.6) is 0 Å². The number of primary amides is 1. The average Bonchev–Trinajstić information content (AvgIpc) is 3.22. The van der Waals surface area contributed by atoms with Crippen LogP contribution in [0.1, 0.15) is 32.6 Å². The quantitative estimate of drug-likeness (QED) is 0.718. The van der Waals surface area contributed by atoms with E-state index >= 15 is 0 Å². The van der Waals surface area contributed by atoms with Crippen molar-refractivity contribution >= 4 is 27.5 Å². The second kappa shape index (κ2) is 8.26. The van der Waals surface area contributed by atoms with E-state index < -0.39 is 15.8 Å². The molecule has 1 saturated heterocycles. The molecular formula is C19H27ClFN3O3S. The lowest BCUT2D eigenvalue weighted by Gasteiger charge is -2.34. The van der Waals surface area contributed by atoms with Crippen LogP contribution >= 0.6 is 11.6 Å². The first-order chi connectivity index (χ1) is 13.2. The van der Waals surface area contributed by atoms with Gasteiger partial charge in [0.25, 0.3) is 0 Å². The van der Waals surface area contributed by atoms with Crippen LogP contribution in [0.2, 0.25) is 5.02 Å². The maximum atomic E-state index is 13.4. The second-order valence-corrected chi connectivity index (χ2v) is 10.2. The number of nitrogens with zero attached hydrogens (tertiary/aromatic N) is 2. The Morgan fingerprint density at radius 1 is 1.39 bits per heavy atom. The number of benzene rings is 1. The molecule has 0 unspecified atom stereocenters. The lowest BCUT2D eigenvalue weighted by atomic mass is 9.95. The fraction of sp³-hybridized carbons (Fsp3) is 0.632. The summed E-state index contributed by atoms with van der Waals surface area (Å²) in [5.41, 5.74) is 5.60. The molecule has 1 aromatic carbocycles. The Hall–Kier alpha value is -1.22. The van der Waals surface area contributed by atoms with Gasteiger partial charge in [-0.1, -0.05) is 24.9 Å². The van der Waals surface area contributed by atoms with Crippen molar-refractivity contribution in [3.8, 4) is 0 Å². The summed E-state index contributed by atoms with van der Waals surface area (Å²) < 4.78 is 40.9. The number of carbonyl (C=O) groups is 1. The molecule has 1 aromatic rings. The van der Waals surface area contributed by atoms with Gasteiger partial charge in [-0.15, -0.1) is 0 Å². The predicted octanol–water partition coefficient (Wildman–Crippen LogP) is 2.46. The van der Waals surface area contributed by atoms with Gasteiger partial charge >= 0.3 is 0 Å². The number of fused-ring (bicyclic) bond motifs is 1. The van der Waals surface area contributed by atoms with E-state index in [1.54, 1.807) is 0 Å². The molecule has 0 spiro atoms. The first kappa shape index (κ1) is 21.5. The first-order valence-corrected chi connectivity index (χ1v) is 11.4. The summed E-state index contributed by atoms with van der Waals surface area (Å²) in [4.78, 5) is 13.9. The number of carbonyl (C=O) groups excluding carboxylic acids is 1. The van der Waals surface area contributed by atoms with Gasteiger partial charge in [0.2, 0.25) is 15.9 Å². The Morgan fingerprint density at radius 2 is 2.11 bits per heavy atom. The molecule has 1 aliphatic carbocycles. The lowest BCUT2D eigenvalue weighted by molar-refractivity contribution is -0.124. The zero-order valence-electron chi connectivity index (χ0n) is 16.1. The third-order valence-electron chi connectivity index (χ3n) is 6.22. The first-order valence-electron chi connectivity index (χ1n) is 9.63. The molecule has 2 aliphatic rings. The van der Waals surface area contributed by atoms with Crippen molar-refractivity contribution in [2.75, 3.05) is 20.1 Å². The van der Waals surface area contributed by atoms with Gasteiger partial charge in [-0.25, -0.2) is 12.8 Å². The minimum atomic E-state index is -3.74. The number of hydrogen-bond acceptors (Lipinski definition) is 4. The fourth-order valence-electron chi connectivity index (χ4n) is 4.74. The number of nitrogens with two attached hydrogens (primary N) is 1. The van der Waals surface area contributed by atoms with Crippen LogP contribution in [-0.4, -0.2) is 55.8 Å². The van der Waals surface area contributed by atoms with E-state index in [1.807, 2.05) is 18.9 Å². The van der Waals surface area contributed by atoms with Crippen LogP contribution < -0.4 is 5.73 Å². The van der Waals surface area contributed by atoms with E-state index in [4.69, 9.17) is 17.3 Å². The van der Waals surface area contributed by atoms with Crippen LogP contribution in [0, 0.1) is 17.7 Å². The van der Waals surface area contributed by atoms with Gasteiger partial charge < -0.3 is 5.73 Å². The smallest absolute Gasteiger partial charge is 0.243 e. The Morgan fingerprint density at radius 3 is 2.71 bits per heavy atom. The molecule has 4 atom stereocenters. The van der Waals surface area contributed by atoms with E-state index in [9.17, 15) is 17.6 Å². The summed E-state index contributed by atoms with van der Waals surface area (Å²) in [7, 11) is -1.83. The molecule has 1 aliphatic heterocycles. The molecule has 28 heavy (non-hydrogen) atoms. The maximum Gasteiger partial charge on any atom is 0.243 e. The van der Waals surface area contributed by atoms with Crippen LogP contribution in [-0.2, 0) is 14.8 Å². The highest BCUT2D eigenvalue weighted by Crippen LogP contribution is 2.42. The number of sulfonamides is 1. The van der Waals surface area contributed by atoms with Crippen molar-refractivity contribution in [1.82, 2.24) is 9.21 Å². The third-order valence-corrected chi connectivity index (χ3v) is 8.34. The van der Waals surface area contributed by atoms with Crippen LogP contribution in [0.4, 0.5) is 4.39 Å². The van der Waals surface area contributed by atoms with Crippen molar-refractivity contribution in [2.24, 2.45) is 17.6 Å². The molecule has 1 amide bonds. The van der Waals surface area contributed by atoms with Gasteiger partial charge in [-0.05, 0) is 56.3 Å². The van der Waals surface area contributed by atoms with Gasteiger partial charge in [0, 0.05) is 19.1 Å². The number of amides is 1. The standard InChI is InChI=1S/C19H27ClFN3O3S/c1-3-4-18(19(22)25)23(2)17-8-5-12-10-24(11-14(12)17)28(26,27)13-6-7-16(21)15(20)9-13/h6-7,9,12,14,17-18H,3-5,8,10-11H2,1-2H3,(H2,22,25)/t12-,14+,17+,18+/m1/s1. The number of halogens is 2. The highest BCUT2D eigenvalue weighted by molar-refractivity contribution is 7.89. The molecule has 9 heteroatoms. The van der Waals surface area contributed by atoms with Crippen molar-refractivity contribution in [2.45, 2.75) is 49.6 Å². The van der Waals surface area contributed by atoms with E-state index in [2.05, 4.69) is 0 Å². The summed E-state index contributed by atoms with van der Waals surface area (Å²) in [6, 6.07) is 3.26. The minimum absolute atomic E-state index is 0.00442. The van der Waals surface area contributed by atoms with Gasteiger partial charge in [-0.2, -0.15) is 4.31 Å². The van der Waals surface area contributed by atoms with Gasteiger partial charge in [0.15, 0.2) is 0 Å². The lowest BCUT2D eigenvalue weighted by Crippen LogP contribution is -2.49. The number of hydrogen-bond donors (Lipinski definition) is 1. The van der Waals surface area contributed by atoms with E-state index in [-0.39, 0.29) is 39.7 Å². The van der Waals surface area contributed by atoms with Crippen LogP contribution in [0.15, 0.2) is 23.1 Å². The highest BCUT2D eigenvalue weighted by atomic mass is 35.5. The Kier molecular flexibility index (Phi) is 6.34. The molecule has 6 nitrogen and oxygen atoms in total. The zero-order valence-corrected chi connectivity index (χ0v) is 17.7. The summed E-state index contributed by atoms with van der Waals surface area (Å²) in [6.07, 6.45) is 3.38. The fourth-order valence-corrected chi connectivity index (χ4v) is 6.54. The summed E-state index contributed by atoms with van der Waals surface area (Å²) in [5, 5.41) is -0.207. The molecule has 0 aromatic heterocycles. The van der Waals surface area contributed by atoms with Crippen LogP contribution in [0.3, 0.4) is 0 Å². The molecule has 1 heterocycles. The number of likely N-dealkylation sites (N-methyl/N-ethyl adjacent to an activating group) is 1. The van der Waals surface area contributed by atoms with Crippen molar-refractivity contribution in [3.05, 3.63) is 29.0 Å². The monoisotopic (exact) mass is 431 g/mol. The Balaban J connectivity index is 1.78. The second-order valence-electron chi connectivity index (χ2n) is 7.84. The highest BCUT2D eigenvalue weighted by Gasteiger charge is 2.48. The summed E-state index contributed by atoms with van der Waals surface area (Å²) >= 11 is 5.77. The van der Waals surface area contributed by atoms with Crippen molar-refractivity contribution < 1.29 is 17.6 Å². The molecule has 0 radical (unpaired) electrons. The van der Waals surface area contributed by atoms with E-state index in [1.165, 1.54) is 10.4 Å². The molecular weight excluding hydrogens is 405 g/mol. The van der Waals surface area contributed by atoms with Gasteiger partial charge in [0.05, 0.1) is 16.0 Å². The maximum absolute atomic E-state index is 13.4. The molecule has 2 fully saturated rings. The third kappa shape index (κ3) is 3.92. The Bertz CT molecular complexity index is 851. The molecule has 1 saturated carbocycles. The number of rotatable bonds is 7. The minimum Gasteiger partial charge on any atom is -0.368 e. The molecule has 0 bridgehead atoms. The molecule has 156 valence electrons. The van der Waals surface area contributed by atoms with Crippen molar-refractivity contribution in [1.29, 1.82) is 0 Å². The van der Waals surface area contributed by atoms with Crippen LogP contribution in [0.25, 0.3) is 0 Å². The average molecular weight is 432 g/mol. The van der Waals surface area contributed by atoms with E-state index in [0.29, 0.717) is 19.5 Å². The SMILES string of the molecule is CCC[C@@H](C(N)=O)N(C)[C@H]1CC[C@@H]2CN(S(=O)(=O)c3ccc(F)c(Cl)c3)C[C@@H]21. The normalized spacial score (nSPS) is 26.5. The molecule has 3 rings (SSSR count). The molecule has 2 N–H and O–H groups in total. The topological polar surface area (TPSA) is 83.7 Å². The zero-order chi connectivity index (χ0) is 20.6. The van der Waals surface area contributed by atoms with Gasteiger partial charge in [0.1, 0.15) is 5.82 Å². The predicted molar refractivity (Wildman–Crippen MR) is 106 cm³/mol. The largest absolute Gasteiger partial charge is 0.368 e. The van der Waals surface area contributed by atoms with Gasteiger partial charge in [-0.3, -0.25) is 9.69 Å². The van der Waals surface area contributed by atoms with Crippen molar-refractivity contribution in [3.63, 3.8) is 0 Å². The summed E-state index contributed by atoms with van der Waals surface area (Å²) in [6.45, 7) is 2.83. The Labute approximate surface area is 170 Å². The summed E-state index contributed by atoms with van der Waals surface area (Å²) in [5.74, 6) is -0.590. The van der Waals surface area contributed by atoms with E-state index in [0.717, 1.165) is 31.4 Å².